The van der Waals surface area contributed by atoms with E-state index in [2.05, 4.69) is 16.0 Å². The summed E-state index contributed by atoms with van der Waals surface area (Å²) >= 11 is 0. The number of carbonyl (C=O) groups is 10. The van der Waals surface area contributed by atoms with Gasteiger partial charge in [-0.25, -0.2) is 10.0 Å². The molecule has 2 fully saturated rings. The van der Waals surface area contributed by atoms with E-state index in [0.717, 1.165) is 29.7 Å². The molecule has 0 aliphatic carbocycles. The van der Waals surface area contributed by atoms with Gasteiger partial charge in [-0.05, 0) is 103 Å². The monoisotopic (exact) mass is 1180 g/mol. The van der Waals surface area contributed by atoms with Crippen LogP contribution in [0.1, 0.15) is 146 Å². The Morgan fingerprint density at radius 2 is 1.25 bits per heavy atom. The third-order valence-electron chi connectivity index (χ3n) is 16.4. The zero-order valence-electron chi connectivity index (χ0n) is 53.9. The molecule has 2 aliphatic rings. The van der Waals surface area contributed by atoms with Crippen molar-refractivity contribution in [2.24, 2.45) is 29.6 Å². The maximum absolute atomic E-state index is 15.0. The Hall–Kier alpha value is -5.84. The van der Waals surface area contributed by atoms with Crippen molar-refractivity contribution in [3.8, 4) is 0 Å². The normalized spacial score (nSPS) is 27.2. The minimum atomic E-state index is -1.57. The summed E-state index contributed by atoms with van der Waals surface area (Å²) in [6, 6.07) is 2.24. The summed E-state index contributed by atoms with van der Waals surface area (Å²) in [4.78, 5) is 152. The number of likely N-dealkylation sites (N-methyl/N-ethyl adjacent to an activating group) is 5. The van der Waals surface area contributed by atoms with Crippen LogP contribution in [0.5, 0.6) is 0 Å². The second-order valence-corrected chi connectivity index (χ2v) is 25.5. The van der Waals surface area contributed by atoms with Crippen molar-refractivity contribution in [1.29, 1.82) is 0 Å². The van der Waals surface area contributed by atoms with Crippen LogP contribution in [0.3, 0.4) is 0 Å². The van der Waals surface area contributed by atoms with Gasteiger partial charge in [0.15, 0.2) is 11.6 Å². The van der Waals surface area contributed by atoms with Crippen LogP contribution in [0.25, 0.3) is 0 Å². The molecule has 0 spiro atoms. The molecule has 22 heteroatoms. The van der Waals surface area contributed by atoms with E-state index in [9.17, 15) is 43.5 Å². The minimum Gasteiger partial charge on any atom is -0.391 e. The zero-order chi connectivity index (χ0) is 63.7. The molecule has 2 aliphatic heterocycles. The maximum atomic E-state index is 15.0. The first-order valence-electron chi connectivity index (χ1n) is 30.2. The SMILES string of the molecule is CC[C@H](C)[C@H]1C(=O)C[C@H](C(=O)N2CCCCC2)CC(=O)N[C@@H](C)C(=O)N[C@@H](C)N(C)N(C)[C@@H](Cc2ccccc2)C(=O)N(C)[C@@H](CC(C)C)C(=O)N[C@@H]([C@@H](C)O)C(=O)N(C)CC(=O)N(C)[C@@H](CC(C)C)C(=O)C[C@@H](COC(C)(C)C)C(=O)N1C. The molecule has 3 rings (SSSR count). The lowest BCUT2D eigenvalue weighted by Gasteiger charge is -2.41. The fourth-order valence-electron chi connectivity index (χ4n) is 10.9. The molecule has 0 bridgehead atoms. The smallest absolute Gasteiger partial charge is 0.248 e. The summed E-state index contributed by atoms with van der Waals surface area (Å²) in [7, 11) is 9.11. The number of piperidine rings is 1. The van der Waals surface area contributed by atoms with Crippen LogP contribution >= 0.6 is 0 Å². The number of hydrogen-bond donors (Lipinski definition) is 4. The Kier molecular flexibility index (Phi) is 28.6. The molecule has 474 valence electrons. The molecule has 2 heterocycles. The predicted octanol–water partition coefficient (Wildman–Crippen LogP) is 3.67. The molecule has 84 heavy (non-hydrogen) atoms. The van der Waals surface area contributed by atoms with E-state index in [4.69, 9.17) is 4.74 Å². The first kappa shape index (κ1) is 72.4. The molecular weight excluding hydrogens is 1080 g/mol. The molecule has 0 aromatic heterocycles. The number of Topliss-reactive ketones (excluding diaryl/α,β-unsaturated/α-hetero) is 2. The highest BCUT2D eigenvalue weighted by Gasteiger charge is 2.42. The van der Waals surface area contributed by atoms with Crippen molar-refractivity contribution in [2.75, 3.05) is 68.5 Å². The summed E-state index contributed by atoms with van der Waals surface area (Å²) in [6.07, 6.45) is -0.124. The van der Waals surface area contributed by atoms with E-state index in [0.29, 0.717) is 19.5 Å². The molecular formula is C62H104N10O12. The van der Waals surface area contributed by atoms with E-state index < -0.39 is 151 Å². The van der Waals surface area contributed by atoms with Gasteiger partial charge in [0.05, 0.1) is 54.9 Å². The van der Waals surface area contributed by atoms with Crippen molar-refractivity contribution in [1.82, 2.24) is 50.5 Å². The number of ether oxygens (including phenoxy) is 1. The lowest BCUT2D eigenvalue weighted by atomic mass is 9.86. The number of aliphatic hydroxyl groups is 1. The van der Waals surface area contributed by atoms with Crippen LogP contribution in [0, 0.1) is 29.6 Å². The second kappa shape index (κ2) is 33.2. The lowest BCUT2D eigenvalue weighted by Crippen LogP contribution is -2.62. The fraction of sp³-hybridized carbons (Fsp3) is 0.742. The zero-order valence-corrected chi connectivity index (χ0v) is 53.9. The molecule has 2 saturated heterocycles. The first-order chi connectivity index (χ1) is 39.1. The van der Waals surface area contributed by atoms with Crippen LogP contribution < -0.4 is 16.0 Å². The molecule has 0 unspecified atom stereocenters. The van der Waals surface area contributed by atoms with E-state index in [1.54, 1.807) is 56.7 Å². The Morgan fingerprint density at radius 1 is 0.667 bits per heavy atom. The number of amides is 8. The lowest BCUT2D eigenvalue weighted by molar-refractivity contribution is -0.152. The average Bonchev–Trinajstić information content (AvgIpc) is 3.08. The molecule has 0 radical (unpaired) electrons. The second-order valence-electron chi connectivity index (χ2n) is 25.5. The average molecular weight is 1180 g/mol. The predicted molar refractivity (Wildman–Crippen MR) is 321 cm³/mol. The number of hydrazine groups is 1. The molecule has 8 amide bonds. The van der Waals surface area contributed by atoms with Gasteiger partial charge in [0.1, 0.15) is 24.2 Å². The van der Waals surface area contributed by atoms with Gasteiger partial charge in [-0.15, -0.1) is 0 Å². The largest absolute Gasteiger partial charge is 0.391 e. The number of nitrogens with zero attached hydrogens (tertiary/aromatic N) is 7. The van der Waals surface area contributed by atoms with Gasteiger partial charge in [0.25, 0.3) is 0 Å². The third-order valence-corrected chi connectivity index (χ3v) is 16.4. The number of rotatable bonds is 12. The Bertz CT molecular complexity index is 2390. The highest BCUT2D eigenvalue weighted by Crippen LogP contribution is 2.27. The molecule has 22 nitrogen and oxygen atoms in total. The highest BCUT2D eigenvalue weighted by molar-refractivity contribution is 5.98. The summed E-state index contributed by atoms with van der Waals surface area (Å²) in [5.74, 6) is -8.79. The van der Waals surface area contributed by atoms with Gasteiger partial charge < -0.3 is 50.3 Å². The summed E-state index contributed by atoms with van der Waals surface area (Å²) in [5, 5.41) is 22.8. The molecule has 1 aromatic carbocycles. The van der Waals surface area contributed by atoms with E-state index in [-0.39, 0.29) is 43.6 Å². The number of benzene rings is 1. The van der Waals surface area contributed by atoms with Gasteiger partial charge in [-0.2, -0.15) is 0 Å². The van der Waals surface area contributed by atoms with Crippen LogP contribution in [0.2, 0.25) is 0 Å². The Labute approximate surface area is 500 Å². The van der Waals surface area contributed by atoms with Crippen molar-refractivity contribution >= 4 is 58.8 Å². The first-order valence-corrected chi connectivity index (χ1v) is 30.2. The van der Waals surface area contributed by atoms with Gasteiger partial charge in [0.2, 0.25) is 47.3 Å². The quantitative estimate of drug-likeness (QED) is 0.233. The summed E-state index contributed by atoms with van der Waals surface area (Å²) in [5.41, 5.74) is 0.0360. The van der Waals surface area contributed by atoms with Gasteiger partial charge >= 0.3 is 0 Å². The topological polar surface area (TPSA) is 259 Å². The molecule has 11 atom stereocenters. The van der Waals surface area contributed by atoms with Crippen LogP contribution in [-0.4, -0.2) is 221 Å². The number of likely N-dealkylation sites (tertiary alicyclic amines) is 1. The third kappa shape index (κ3) is 21.3. The van der Waals surface area contributed by atoms with Crippen molar-refractivity contribution in [3.05, 3.63) is 35.9 Å². The number of ketones is 2. The maximum Gasteiger partial charge on any atom is 0.248 e. The fourth-order valence-corrected chi connectivity index (χ4v) is 10.9. The molecule has 0 saturated carbocycles. The van der Waals surface area contributed by atoms with Crippen LogP contribution in [-0.2, 0) is 59.1 Å². The van der Waals surface area contributed by atoms with Crippen molar-refractivity contribution in [3.63, 3.8) is 0 Å². The van der Waals surface area contributed by atoms with Crippen LogP contribution in [0.4, 0.5) is 0 Å². The Balaban J connectivity index is 2.25. The van der Waals surface area contributed by atoms with Crippen LogP contribution in [0.15, 0.2) is 30.3 Å². The number of aliphatic hydroxyl groups excluding tert-OH is 1. The number of hydrogen-bond acceptors (Lipinski definition) is 14. The van der Waals surface area contributed by atoms with Gasteiger partial charge in [0, 0.05) is 74.6 Å². The van der Waals surface area contributed by atoms with E-state index in [1.807, 2.05) is 71.9 Å². The van der Waals surface area contributed by atoms with Gasteiger partial charge in [-0.3, -0.25) is 47.9 Å². The van der Waals surface area contributed by atoms with E-state index in [1.165, 1.54) is 56.7 Å². The van der Waals surface area contributed by atoms with Gasteiger partial charge in [-0.1, -0.05) is 78.3 Å². The standard InChI is InChI=1S/C62H104N10O12/c1-19-40(6)55-51(75)33-45(59(81)72-28-24-21-25-29-72)35-52(76)63-41(7)56(78)64-43(9)70(17)71(18)49(32-44-26-22-20-23-27-44)60(82)68(15)48(31-39(4)5)57(79)65-54(42(8)73)61(83)66(13)36-53(77)67(14)47(30-38(2)3)50(74)34-46(58(80)69(55)16)37-84-62(10,11)12/h20,22-23,26-27,38-43,45-49,54-55,73H,19,21,24-25,28-37H2,1-18H3,(H,63,76)(H,64,78)(H,65,79)/t40-,41-,42+,43+,45-,46-,47-,48-,49-,54-,55-/m0/s1. The molecule has 1 aromatic rings. The van der Waals surface area contributed by atoms with Crippen molar-refractivity contribution < 1.29 is 57.8 Å². The van der Waals surface area contributed by atoms with E-state index >= 15 is 9.59 Å². The number of carbonyl (C=O) groups excluding carboxylic acids is 10. The Morgan fingerprint density at radius 3 is 1.80 bits per heavy atom. The highest BCUT2D eigenvalue weighted by atomic mass is 16.5. The minimum absolute atomic E-state index is 0.129. The number of nitrogens with one attached hydrogen (secondary N) is 3. The summed E-state index contributed by atoms with van der Waals surface area (Å²) < 4.78 is 6.18. The molecule has 4 N–H and O–H groups in total. The summed E-state index contributed by atoms with van der Waals surface area (Å²) in [6.45, 7) is 21.2. The van der Waals surface area contributed by atoms with Crippen molar-refractivity contribution in [2.45, 2.75) is 201 Å².